The van der Waals surface area contributed by atoms with Gasteiger partial charge in [0.15, 0.2) is 0 Å². The van der Waals surface area contributed by atoms with Crippen LogP contribution < -0.4 is 10.6 Å². The van der Waals surface area contributed by atoms with Gasteiger partial charge in [-0.15, -0.1) is 0 Å². The fraction of sp³-hybridized carbons (Fsp3) is 0.500. The second kappa shape index (κ2) is 7.59. The SMILES string of the molecule is CSCCCNC(=O)Nc1cnn(CC(=O)O)c1. The van der Waals surface area contributed by atoms with E-state index in [2.05, 4.69) is 15.7 Å². The maximum atomic E-state index is 11.4. The molecule has 100 valence electrons. The summed E-state index contributed by atoms with van der Waals surface area (Å²) in [5.74, 6) is 0.0164. The molecule has 18 heavy (non-hydrogen) atoms. The summed E-state index contributed by atoms with van der Waals surface area (Å²) in [6, 6.07) is -0.314. The number of nitrogens with one attached hydrogen (secondary N) is 2. The van der Waals surface area contributed by atoms with Crippen LogP contribution in [0.5, 0.6) is 0 Å². The molecule has 1 aromatic heterocycles. The van der Waals surface area contributed by atoms with Crippen molar-refractivity contribution >= 4 is 29.4 Å². The summed E-state index contributed by atoms with van der Waals surface area (Å²) < 4.78 is 1.24. The van der Waals surface area contributed by atoms with Crippen molar-refractivity contribution in [1.82, 2.24) is 15.1 Å². The second-order valence-corrected chi connectivity index (χ2v) is 4.53. The zero-order valence-corrected chi connectivity index (χ0v) is 10.9. The molecule has 0 fully saturated rings. The number of hydrogen-bond donors (Lipinski definition) is 3. The predicted octanol–water partition coefficient (Wildman–Crippen LogP) is 0.842. The van der Waals surface area contributed by atoms with E-state index in [1.54, 1.807) is 11.8 Å². The molecule has 0 atom stereocenters. The molecular formula is C10H16N4O3S. The van der Waals surface area contributed by atoms with Crippen LogP contribution in [0, 0.1) is 0 Å². The minimum atomic E-state index is -0.980. The fourth-order valence-corrected chi connectivity index (χ4v) is 1.68. The van der Waals surface area contributed by atoms with E-state index in [-0.39, 0.29) is 12.6 Å². The van der Waals surface area contributed by atoms with Crippen molar-refractivity contribution in [2.75, 3.05) is 23.9 Å². The van der Waals surface area contributed by atoms with Gasteiger partial charge >= 0.3 is 12.0 Å². The first kappa shape index (κ1) is 14.4. The summed E-state index contributed by atoms with van der Waals surface area (Å²) in [7, 11) is 0. The first-order valence-corrected chi connectivity index (χ1v) is 6.79. The van der Waals surface area contributed by atoms with Crippen LogP contribution in [0.2, 0.25) is 0 Å². The Labute approximate surface area is 109 Å². The average molecular weight is 272 g/mol. The number of aromatic nitrogens is 2. The highest BCUT2D eigenvalue weighted by Gasteiger charge is 2.05. The summed E-state index contributed by atoms with van der Waals surface area (Å²) in [6.45, 7) is 0.382. The first-order valence-electron chi connectivity index (χ1n) is 5.40. The minimum absolute atomic E-state index is 0.225. The number of aliphatic carboxylic acids is 1. The lowest BCUT2D eigenvalue weighted by Crippen LogP contribution is -2.29. The Kier molecular flexibility index (Phi) is 6.06. The standard InChI is InChI=1S/C10H16N4O3S/c1-18-4-2-3-11-10(17)13-8-5-12-14(6-8)7-9(15)16/h5-6H,2-4,7H2,1H3,(H,15,16)(H2,11,13,17). The molecule has 0 spiro atoms. The third-order valence-electron chi connectivity index (χ3n) is 2.00. The highest BCUT2D eigenvalue weighted by Crippen LogP contribution is 2.04. The van der Waals surface area contributed by atoms with Crippen LogP contribution in [0.25, 0.3) is 0 Å². The molecule has 0 saturated carbocycles. The molecule has 1 aromatic rings. The van der Waals surface area contributed by atoms with E-state index in [4.69, 9.17) is 5.11 Å². The lowest BCUT2D eigenvalue weighted by Gasteiger charge is -2.04. The van der Waals surface area contributed by atoms with Crippen LogP contribution in [0.1, 0.15) is 6.42 Å². The molecule has 3 N–H and O–H groups in total. The summed E-state index contributed by atoms with van der Waals surface area (Å²) in [5, 5.41) is 17.6. The summed E-state index contributed by atoms with van der Waals surface area (Å²) in [4.78, 5) is 21.9. The zero-order valence-electron chi connectivity index (χ0n) is 10.0. The van der Waals surface area contributed by atoms with E-state index in [0.29, 0.717) is 12.2 Å². The van der Waals surface area contributed by atoms with Crippen molar-refractivity contribution in [2.24, 2.45) is 0 Å². The van der Waals surface area contributed by atoms with Gasteiger partial charge in [0.05, 0.1) is 11.9 Å². The Morgan fingerprint density at radius 1 is 1.56 bits per heavy atom. The summed E-state index contributed by atoms with van der Waals surface area (Å²) in [5.41, 5.74) is 0.471. The number of anilines is 1. The van der Waals surface area contributed by atoms with Crippen LogP contribution in [-0.4, -0.2) is 45.4 Å². The van der Waals surface area contributed by atoms with Gasteiger partial charge in [-0.25, -0.2) is 4.79 Å². The molecule has 0 aliphatic heterocycles. The van der Waals surface area contributed by atoms with Gasteiger partial charge in [-0.05, 0) is 18.4 Å². The Hall–Kier alpha value is -1.70. The van der Waals surface area contributed by atoms with Gasteiger partial charge in [-0.1, -0.05) is 0 Å². The van der Waals surface area contributed by atoms with Gasteiger partial charge in [-0.2, -0.15) is 16.9 Å². The molecule has 0 aliphatic rings. The smallest absolute Gasteiger partial charge is 0.325 e. The zero-order chi connectivity index (χ0) is 13.4. The van der Waals surface area contributed by atoms with Crippen LogP contribution in [-0.2, 0) is 11.3 Å². The molecule has 2 amide bonds. The number of carbonyl (C=O) groups is 2. The minimum Gasteiger partial charge on any atom is -0.480 e. The molecule has 0 radical (unpaired) electrons. The lowest BCUT2D eigenvalue weighted by atomic mass is 10.5. The largest absolute Gasteiger partial charge is 0.480 e. The number of rotatable bonds is 7. The van der Waals surface area contributed by atoms with Gasteiger partial charge < -0.3 is 15.7 Å². The van der Waals surface area contributed by atoms with Crippen LogP contribution in [0.15, 0.2) is 12.4 Å². The van der Waals surface area contributed by atoms with Crippen molar-refractivity contribution < 1.29 is 14.7 Å². The maximum absolute atomic E-state index is 11.4. The molecule has 1 rings (SSSR count). The Bertz CT molecular complexity index is 408. The molecule has 1 heterocycles. The van der Waals surface area contributed by atoms with Crippen molar-refractivity contribution in [3.05, 3.63) is 12.4 Å². The normalized spacial score (nSPS) is 10.1. The van der Waals surface area contributed by atoms with Crippen LogP contribution in [0.4, 0.5) is 10.5 Å². The number of carboxylic acid groups (broad SMARTS) is 1. The third kappa shape index (κ3) is 5.58. The number of carbonyl (C=O) groups excluding carboxylic acids is 1. The number of amides is 2. The fourth-order valence-electron chi connectivity index (χ4n) is 1.25. The van der Waals surface area contributed by atoms with E-state index in [1.165, 1.54) is 17.1 Å². The van der Waals surface area contributed by atoms with Gasteiger partial charge in [0.2, 0.25) is 0 Å². The summed E-state index contributed by atoms with van der Waals surface area (Å²) >= 11 is 1.73. The molecule has 0 bridgehead atoms. The Balaban J connectivity index is 2.31. The van der Waals surface area contributed by atoms with Gasteiger partial charge in [0.25, 0.3) is 0 Å². The van der Waals surface area contributed by atoms with E-state index >= 15 is 0 Å². The number of urea groups is 1. The predicted molar refractivity (Wildman–Crippen MR) is 69.9 cm³/mol. The number of hydrogen-bond acceptors (Lipinski definition) is 4. The number of nitrogens with zero attached hydrogens (tertiary/aromatic N) is 2. The average Bonchev–Trinajstić information content (AvgIpc) is 2.71. The van der Waals surface area contributed by atoms with Crippen molar-refractivity contribution in [2.45, 2.75) is 13.0 Å². The van der Waals surface area contributed by atoms with E-state index in [1.807, 2.05) is 6.26 Å². The number of thioether (sulfide) groups is 1. The first-order chi connectivity index (χ1) is 8.61. The van der Waals surface area contributed by atoms with Crippen LogP contribution >= 0.6 is 11.8 Å². The third-order valence-corrected chi connectivity index (χ3v) is 2.70. The van der Waals surface area contributed by atoms with Gasteiger partial charge in [0, 0.05) is 12.7 Å². The topological polar surface area (TPSA) is 96.3 Å². The highest BCUT2D eigenvalue weighted by atomic mass is 32.2. The quantitative estimate of drug-likeness (QED) is 0.639. The van der Waals surface area contributed by atoms with E-state index < -0.39 is 5.97 Å². The number of carboxylic acids is 1. The highest BCUT2D eigenvalue weighted by molar-refractivity contribution is 7.98. The Morgan fingerprint density at radius 2 is 2.33 bits per heavy atom. The van der Waals surface area contributed by atoms with Crippen molar-refractivity contribution in [1.29, 1.82) is 0 Å². The molecule has 0 saturated heterocycles. The summed E-state index contributed by atoms with van der Waals surface area (Å²) in [6.07, 6.45) is 5.80. The molecule has 7 nitrogen and oxygen atoms in total. The molecule has 8 heteroatoms. The van der Waals surface area contributed by atoms with Gasteiger partial charge in [0.1, 0.15) is 6.54 Å². The van der Waals surface area contributed by atoms with Crippen molar-refractivity contribution in [3.8, 4) is 0 Å². The van der Waals surface area contributed by atoms with E-state index in [9.17, 15) is 9.59 Å². The van der Waals surface area contributed by atoms with E-state index in [0.717, 1.165) is 12.2 Å². The molecule has 0 unspecified atom stereocenters. The maximum Gasteiger partial charge on any atom is 0.325 e. The second-order valence-electron chi connectivity index (χ2n) is 3.55. The molecule has 0 aliphatic carbocycles. The van der Waals surface area contributed by atoms with Crippen molar-refractivity contribution in [3.63, 3.8) is 0 Å². The lowest BCUT2D eigenvalue weighted by molar-refractivity contribution is -0.137. The molecular weight excluding hydrogens is 256 g/mol. The monoisotopic (exact) mass is 272 g/mol. The van der Waals surface area contributed by atoms with Crippen LogP contribution in [0.3, 0.4) is 0 Å². The molecule has 0 aromatic carbocycles. The Morgan fingerprint density at radius 3 is 3.00 bits per heavy atom. The van der Waals surface area contributed by atoms with Gasteiger partial charge in [-0.3, -0.25) is 9.48 Å².